The molecule has 6 nitrogen and oxygen atoms in total. The first-order valence-corrected chi connectivity index (χ1v) is 6.88. The van der Waals surface area contributed by atoms with Gasteiger partial charge in [-0.2, -0.15) is 0 Å². The molecular weight excluding hydrogens is 260 g/mol. The molecule has 2 N–H and O–H groups in total. The Balaban J connectivity index is 4.20. The molecule has 0 aromatic heterocycles. The van der Waals surface area contributed by atoms with E-state index in [4.69, 9.17) is 5.73 Å². The van der Waals surface area contributed by atoms with Crippen LogP contribution in [0, 0.1) is 0 Å². The van der Waals surface area contributed by atoms with Crippen LogP contribution in [-0.4, -0.2) is 41.4 Å². The van der Waals surface area contributed by atoms with E-state index in [0.29, 0.717) is 45.2 Å². The molecule has 0 saturated heterocycles. The molecule has 0 unspecified atom stereocenters. The van der Waals surface area contributed by atoms with Crippen LogP contribution in [0.15, 0.2) is 0 Å². The number of primary amides is 1. The maximum absolute atomic E-state index is 12.0. The molecule has 0 fully saturated rings. The molecule has 0 aliphatic heterocycles. The fourth-order valence-corrected chi connectivity index (χ4v) is 1.68. The summed E-state index contributed by atoms with van der Waals surface area (Å²) in [6, 6.07) is 0. The lowest BCUT2D eigenvalue weighted by molar-refractivity contribution is -0.132. The molecule has 0 aromatic rings. The van der Waals surface area contributed by atoms with Crippen molar-refractivity contribution in [2.75, 3.05) is 13.1 Å². The number of unbranched alkanes of at least 4 members (excludes halogenated alkanes) is 1. The van der Waals surface area contributed by atoms with Crippen LogP contribution < -0.4 is 5.73 Å². The van der Waals surface area contributed by atoms with Gasteiger partial charge in [0.2, 0.25) is 11.8 Å². The molecular formula is C14H24N2O4. The third kappa shape index (κ3) is 10.2. The van der Waals surface area contributed by atoms with Gasteiger partial charge in [0.15, 0.2) is 0 Å². The molecule has 0 radical (unpaired) electrons. The first kappa shape index (κ1) is 18.3. The van der Waals surface area contributed by atoms with Gasteiger partial charge in [-0.1, -0.05) is 0 Å². The average molecular weight is 284 g/mol. The molecule has 6 heteroatoms. The Morgan fingerprint density at radius 3 is 1.65 bits per heavy atom. The Kier molecular flexibility index (Phi) is 9.24. The number of rotatable bonds is 11. The molecule has 0 aromatic carbocycles. The Hall–Kier alpha value is -1.72. The summed E-state index contributed by atoms with van der Waals surface area (Å²) in [7, 11) is 0. The molecule has 0 aliphatic rings. The van der Waals surface area contributed by atoms with E-state index in [2.05, 4.69) is 0 Å². The van der Waals surface area contributed by atoms with Crippen LogP contribution in [0.5, 0.6) is 0 Å². The molecule has 20 heavy (non-hydrogen) atoms. The summed E-state index contributed by atoms with van der Waals surface area (Å²) in [5.41, 5.74) is 5.02. The van der Waals surface area contributed by atoms with Crippen molar-refractivity contribution >= 4 is 23.4 Å². The summed E-state index contributed by atoms with van der Waals surface area (Å²) in [5, 5.41) is 0. The van der Waals surface area contributed by atoms with Crippen molar-refractivity contribution in [3.63, 3.8) is 0 Å². The smallest absolute Gasteiger partial charge is 0.222 e. The normalized spacial score (nSPS) is 10.1. The second-order valence-electron chi connectivity index (χ2n) is 4.96. The van der Waals surface area contributed by atoms with Gasteiger partial charge in [0, 0.05) is 38.8 Å². The van der Waals surface area contributed by atoms with Gasteiger partial charge in [-0.25, -0.2) is 0 Å². The highest BCUT2D eigenvalue weighted by atomic mass is 16.2. The molecule has 0 atom stereocenters. The van der Waals surface area contributed by atoms with E-state index in [1.165, 1.54) is 13.8 Å². The topological polar surface area (TPSA) is 97.5 Å². The van der Waals surface area contributed by atoms with Crippen LogP contribution in [0.25, 0.3) is 0 Å². The summed E-state index contributed by atoms with van der Waals surface area (Å²) in [6.45, 7) is 3.63. The Labute approximate surface area is 119 Å². The van der Waals surface area contributed by atoms with E-state index in [9.17, 15) is 19.2 Å². The van der Waals surface area contributed by atoms with E-state index < -0.39 is 0 Å². The molecule has 0 bridgehead atoms. The number of carbonyl (C=O) groups is 4. The van der Waals surface area contributed by atoms with Crippen LogP contribution in [0.3, 0.4) is 0 Å². The lowest BCUT2D eigenvalue weighted by Gasteiger charge is -2.21. The van der Waals surface area contributed by atoms with Crippen molar-refractivity contribution in [1.29, 1.82) is 0 Å². The van der Waals surface area contributed by atoms with Gasteiger partial charge >= 0.3 is 0 Å². The lowest BCUT2D eigenvalue weighted by Crippen LogP contribution is -2.34. The third-order valence-corrected chi connectivity index (χ3v) is 2.88. The second-order valence-corrected chi connectivity index (χ2v) is 4.96. The van der Waals surface area contributed by atoms with Gasteiger partial charge in [-0.3, -0.25) is 19.2 Å². The summed E-state index contributed by atoms with van der Waals surface area (Å²) < 4.78 is 0. The van der Waals surface area contributed by atoms with Crippen LogP contribution in [0.4, 0.5) is 0 Å². The summed E-state index contributed by atoms with van der Waals surface area (Å²) in [4.78, 5) is 46.1. The van der Waals surface area contributed by atoms with E-state index >= 15 is 0 Å². The summed E-state index contributed by atoms with van der Waals surface area (Å²) in [5.74, 6) is -0.432. The summed E-state index contributed by atoms with van der Waals surface area (Å²) in [6.07, 6.45) is 2.33. The third-order valence-electron chi connectivity index (χ3n) is 2.88. The highest BCUT2D eigenvalue weighted by Gasteiger charge is 2.14. The monoisotopic (exact) mass is 284 g/mol. The van der Waals surface area contributed by atoms with Crippen LogP contribution >= 0.6 is 0 Å². The van der Waals surface area contributed by atoms with E-state index in [1.54, 1.807) is 4.90 Å². The average Bonchev–Trinajstić information content (AvgIpc) is 2.33. The van der Waals surface area contributed by atoms with Crippen LogP contribution in [-0.2, 0) is 19.2 Å². The largest absolute Gasteiger partial charge is 0.370 e. The second kappa shape index (κ2) is 10.1. The minimum absolute atomic E-state index is 0.0133. The van der Waals surface area contributed by atoms with Crippen molar-refractivity contribution in [3.8, 4) is 0 Å². The van der Waals surface area contributed by atoms with Gasteiger partial charge in [0.25, 0.3) is 0 Å². The fourth-order valence-electron chi connectivity index (χ4n) is 1.68. The highest BCUT2D eigenvalue weighted by Crippen LogP contribution is 2.05. The predicted octanol–water partition coefficient (Wildman–Crippen LogP) is 0.819. The van der Waals surface area contributed by atoms with Crippen molar-refractivity contribution in [2.24, 2.45) is 5.73 Å². The molecule has 0 rings (SSSR count). The minimum Gasteiger partial charge on any atom is -0.370 e. The standard InChI is InChI=1S/C14H24N2O4/c1-11(17)7-9-16(10-8-12(2)18)14(20)6-4-3-5-13(15)19/h3-10H2,1-2H3,(H2,15,19). The van der Waals surface area contributed by atoms with Crippen molar-refractivity contribution in [1.82, 2.24) is 4.90 Å². The minimum atomic E-state index is -0.373. The highest BCUT2D eigenvalue weighted by molar-refractivity contribution is 5.80. The maximum atomic E-state index is 12.0. The van der Waals surface area contributed by atoms with Gasteiger partial charge in [-0.05, 0) is 26.7 Å². The molecule has 0 aliphatic carbocycles. The number of hydrogen-bond donors (Lipinski definition) is 1. The van der Waals surface area contributed by atoms with Crippen LogP contribution in [0.1, 0.15) is 52.4 Å². The SMILES string of the molecule is CC(=O)CCN(CCC(C)=O)C(=O)CCCCC(N)=O. The van der Waals surface area contributed by atoms with Gasteiger partial charge < -0.3 is 10.6 Å². The zero-order valence-electron chi connectivity index (χ0n) is 12.3. The quantitative estimate of drug-likeness (QED) is 0.568. The summed E-state index contributed by atoms with van der Waals surface area (Å²) >= 11 is 0. The predicted molar refractivity (Wildman–Crippen MR) is 74.8 cm³/mol. The number of amides is 2. The van der Waals surface area contributed by atoms with Gasteiger partial charge in [-0.15, -0.1) is 0 Å². The number of Topliss-reactive ketones (excluding diaryl/α,β-unsaturated/α-hetero) is 2. The van der Waals surface area contributed by atoms with E-state index in [-0.39, 0.29) is 29.8 Å². The van der Waals surface area contributed by atoms with Crippen molar-refractivity contribution in [2.45, 2.75) is 52.4 Å². The van der Waals surface area contributed by atoms with Gasteiger partial charge in [0.1, 0.15) is 11.6 Å². The number of nitrogens with zero attached hydrogens (tertiary/aromatic N) is 1. The van der Waals surface area contributed by atoms with Crippen molar-refractivity contribution < 1.29 is 19.2 Å². The van der Waals surface area contributed by atoms with Crippen molar-refractivity contribution in [3.05, 3.63) is 0 Å². The lowest BCUT2D eigenvalue weighted by atomic mass is 10.1. The number of ketones is 2. The Morgan fingerprint density at radius 1 is 0.800 bits per heavy atom. The number of carbonyl (C=O) groups excluding carboxylic acids is 4. The molecule has 0 saturated carbocycles. The van der Waals surface area contributed by atoms with Crippen LogP contribution in [0.2, 0.25) is 0 Å². The Bertz CT molecular complexity index is 348. The maximum Gasteiger partial charge on any atom is 0.222 e. The van der Waals surface area contributed by atoms with E-state index in [0.717, 1.165) is 0 Å². The first-order chi connectivity index (χ1) is 9.32. The Morgan fingerprint density at radius 2 is 1.25 bits per heavy atom. The molecule has 2 amide bonds. The zero-order chi connectivity index (χ0) is 15.5. The number of nitrogens with two attached hydrogens (primary N) is 1. The number of hydrogen-bond acceptors (Lipinski definition) is 4. The fraction of sp³-hybridized carbons (Fsp3) is 0.714. The van der Waals surface area contributed by atoms with Gasteiger partial charge in [0.05, 0.1) is 0 Å². The molecule has 114 valence electrons. The first-order valence-electron chi connectivity index (χ1n) is 6.88. The zero-order valence-corrected chi connectivity index (χ0v) is 12.3. The van der Waals surface area contributed by atoms with E-state index in [1.807, 2.05) is 0 Å². The molecule has 0 heterocycles. The molecule has 0 spiro atoms.